The molecule has 0 saturated carbocycles. The third kappa shape index (κ3) is 3.02. The molecule has 0 radical (unpaired) electrons. The SMILES string of the molecule is CCC(C)c1ccc(C(N)c2csc(Br)c2)cc1. The van der Waals surface area contributed by atoms with Gasteiger partial charge in [0.1, 0.15) is 0 Å². The number of hydrogen-bond donors (Lipinski definition) is 1. The fourth-order valence-electron chi connectivity index (χ4n) is 1.95. The van der Waals surface area contributed by atoms with Crippen LogP contribution in [0.15, 0.2) is 39.5 Å². The lowest BCUT2D eigenvalue weighted by atomic mass is 9.95. The molecule has 2 N–H and O–H groups in total. The van der Waals surface area contributed by atoms with Crippen LogP contribution in [-0.2, 0) is 0 Å². The summed E-state index contributed by atoms with van der Waals surface area (Å²) in [5.41, 5.74) is 10.0. The molecule has 0 fully saturated rings. The van der Waals surface area contributed by atoms with Gasteiger partial charge in [0.25, 0.3) is 0 Å². The third-order valence-corrected chi connectivity index (χ3v) is 4.95. The standard InChI is InChI=1S/C15H18BrNS/c1-3-10(2)11-4-6-12(7-5-11)15(17)13-8-14(16)18-9-13/h4-10,15H,3,17H2,1-2H3. The van der Waals surface area contributed by atoms with E-state index in [2.05, 4.69) is 65.5 Å². The van der Waals surface area contributed by atoms with Crippen molar-refractivity contribution in [2.45, 2.75) is 32.2 Å². The number of thiophene rings is 1. The van der Waals surface area contributed by atoms with Crippen molar-refractivity contribution in [3.8, 4) is 0 Å². The van der Waals surface area contributed by atoms with Crippen LogP contribution in [0.1, 0.15) is 48.9 Å². The van der Waals surface area contributed by atoms with E-state index in [9.17, 15) is 0 Å². The van der Waals surface area contributed by atoms with Crippen molar-refractivity contribution in [3.05, 3.63) is 56.2 Å². The van der Waals surface area contributed by atoms with Crippen LogP contribution in [0.2, 0.25) is 0 Å². The maximum Gasteiger partial charge on any atom is 0.0701 e. The maximum atomic E-state index is 6.27. The van der Waals surface area contributed by atoms with Crippen molar-refractivity contribution in [1.29, 1.82) is 0 Å². The summed E-state index contributed by atoms with van der Waals surface area (Å²) in [5, 5.41) is 2.11. The highest BCUT2D eigenvalue weighted by Gasteiger charge is 2.11. The molecular weight excluding hydrogens is 306 g/mol. The molecule has 0 aliphatic carbocycles. The Kier molecular flexibility index (Phi) is 4.60. The first-order chi connectivity index (χ1) is 8.61. The molecule has 1 aromatic carbocycles. The first kappa shape index (κ1) is 13.8. The number of benzene rings is 1. The van der Waals surface area contributed by atoms with Gasteiger partial charge >= 0.3 is 0 Å². The second kappa shape index (κ2) is 6.00. The van der Waals surface area contributed by atoms with Crippen LogP contribution in [0, 0.1) is 0 Å². The second-order valence-corrected chi connectivity index (χ2v) is 6.93. The van der Waals surface area contributed by atoms with E-state index in [1.807, 2.05) is 0 Å². The van der Waals surface area contributed by atoms with Gasteiger partial charge in [0.2, 0.25) is 0 Å². The quantitative estimate of drug-likeness (QED) is 0.834. The van der Waals surface area contributed by atoms with E-state index >= 15 is 0 Å². The molecule has 3 heteroatoms. The smallest absolute Gasteiger partial charge is 0.0701 e. The van der Waals surface area contributed by atoms with Gasteiger partial charge in [0, 0.05) is 0 Å². The molecule has 96 valence electrons. The van der Waals surface area contributed by atoms with E-state index in [4.69, 9.17) is 5.73 Å². The van der Waals surface area contributed by atoms with Gasteiger partial charge < -0.3 is 5.73 Å². The molecule has 2 aromatic rings. The van der Waals surface area contributed by atoms with Gasteiger partial charge in [-0.2, -0.15) is 0 Å². The van der Waals surface area contributed by atoms with Crippen LogP contribution in [0.25, 0.3) is 0 Å². The fraction of sp³-hybridized carbons (Fsp3) is 0.333. The molecule has 0 aliphatic heterocycles. The average molecular weight is 324 g/mol. The molecule has 2 atom stereocenters. The van der Waals surface area contributed by atoms with Crippen molar-refractivity contribution in [3.63, 3.8) is 0 Å². The van der Waals surface area contributed by atoms with Gasteiger partial charge in [0.15, 0.2) is 0 Å². The zero-order valence-corrected chi connectivity index (χ0v) is 13.1. The number of rotatable bonds is 4. The van der Waals surface area contributed by atoms with Crippen molar-refractivity contribution < 1.29 is 0 Å². The molecule has 1 aromatic heterocycles. The van der Waals surface area contributed by atoms with Crippen LogP contribution >= 0.6 is 27.3 Å². The molecule has 0 amide bonds. The summed E-state index contributed by atoms with van der Waals surface area (Å²) >= 11 is 5.15. The van der Waals surface area contributed by atoms with Crippen LogP contribution in [0.3, 0.4) is 0 Å². The molecule has 1 nitrogen and oxygen atoms in total. The van der Waals surface area contributed by atoms with Crippen LogP contribution in [-0.4, -0.2) is 0 Å². The molecule has 2 rings (SSSR count). The zero-order chi connectivity index (χ0) is 13.1. The number of nitrogens with two attached hydrogens (primary N) is 1. The third-order valence-electron chi connectivity index (χ3n) is 3.42. The summed E-state index contributed by atoms with van der Waals surface area (Å²) in [6.07, 6.45) is 1.17. The van der Waals surface area contributed by atoms with Gasteiger partial charge in [-0.1, -0.05) is 38.1 Å². The number of hydrogen-bond acceptors (Lipinski definition) is 2. The molecule has 0 spiro atoms. The van der Waals surface area contributed by atoms with Crippen molar-refractivity contribution in [1.82, 2.24) is 0 Å². The Morgan fingerprint density at radius 2 is 1.78 bits per heavy atom. The van der Waals surface area contributed by atoms with Gasteiger partial charge in [-0.05, 0) is 56.4 Å². The molecule has 0 bridgehead atoms. The summed E-state index contributed by atoms with van der Waals surface area (Å²) in [6.45, 7) is 4.47. The highest BCUT2D eigenvalue weighted by atomic mass is 79.9. The van der Waals surface area contributed by atoms with Gasteiger partial charge in [-0.3, -0.25) is 0 Å². The lowest BCUT2D eigenvalue weighted by Gasteiger charge is -2.13. The van der Waals surface area contributed by atoms with Crippen LogP contribution in [0.4, 0.5) is 0 Å². The average Bonchev–Trinajstić information content (AvgIpc) is 2.84. The van der Waals surface area contributed by atoms with Crippen LogP contribution < -0.4 is 5.73 Å². The van der Waals surface area contributed by atoms with E-state index in [0.29, 0.717) is 5.92 Å². The largest absolute Gasteiger partial charge is 0.320 e. The van der Waals surface area contributed by atoms with Gasteiger partial charge in [0.05, 0.1) is 9.83 Å². The molecule has 2 unspecified atom stereocenters. The number of halogens is 1. The molecular formula is C15H18BrNS. The predicted octanol–water partition coefficient (Wildman–Crippen LogP) is 5.07. The van der Waals surface area contributed by atoms with Crippen molar-refractivity contribution >= 4 is 27.3 Å². The Hall–Kier alpha value is -0.640. The first-order valence-electron chi connectivity index (χ1n) is 6.21. The van der Waals surface area contributed by atoms with Gasteiger partial charge in [-0.25, -0.2) is 0 Å². The topological polar surface area (TPSA) is 26.0 Å². The van der Waals surface area contributed by atoms with Crippen molar-refractivity contribution in [2.75, 3.05) is 0 Å². The van der Waals surface area contributed by atoms with E-state index in [1.54, 1.807) is 11.3 Å². The molecule has 0 aliphatic rings. The fourth-order valence-corrected chi connectivity index (χ4v) is 3.16. The first-order valence-corrected chi connectivity index (χ1v) is 7.88. The summed E-state index contributed by atoms with van der Waals surface area (Å²) in [4.78, 5) is 0. The lowest BCUT2D eigenvalue weighted by molar-refractivity contribution is 0.732. The Morgan fingerprint density at radius 1 is 1.17 bits per heavy atom. The molecule has 18 heavy (non-hydrogen) atoms. The minimum Gasteiger partial charge on any atom is -0.320 e. The molecule has 1 heterocycles. The Balaban J connectivity index is 2.19. The van der Waals surface area contributed by atoms with E-state index < -0.39 is 0 Å². The summed E-state index contributed by atoms with van der Waals surface area (Å²) in [7, 11) is 0. The predicted molar refractivity (Wildman–Crippen MR) is 83.2 cm³/mol. The van der Waals surface area contributed by atoms with E-state index in [1.165, 1.54) is 23.1 Å². The summed E-state index contributed by atoms with van der Waals surface area (Å²) < 4.78 is 1.13. The van der Waals surface area contributed by atoms with E-state index in [0.717, 1.165) is 3.79 Å². The Morgan fingerprint density at radius 3 is 2.28 bits per heavy atom. The highest BCUT2D eigenvalue weighted by molar-refractivity contribution is 9.11. The minimum atomic E-state index is -0.0291. The summed E-state index contributed by atoms with van der Waals surface area (Å²) in [5.74, 6) is 0.616. The monoisotopic (exact) mass is 323 g/mol. The summed E-state index contributed by atoms with van der Waals surface area (Å²) in [6, 6.07) is 10.8. The normalized spacial score (nSPS) is 14.4. The Bertz CT molecular complexity index is 503. The minimum absolute atomic E-state index is 0.0291. The van der Waals surface area contributed by atoms with Crippen molar-refractivity contribution in [2.24, 2.45) is 5.73 Å². The second-order valence-electron chi connectivity index (χ2n) is 4.64. The Labute approximate surface area is 121 Å². The maximum absolute atomic E-state index is 6.27. The highest BCUT2D eigenvalue weighted by Crippen LogP contribution is 2.28. The zero-order valence-electron chi connectivity index (χ0n) is 10.7. The lowest BCUT2D eigenvalue weighted by Crippen LogP contribution is -2.10. The van der Waals surface area contributed by atoms with Gasteiger partial charge in [-0.15, -0.1) is 11.3 Å². The van der Waals surface area contributed by atoms with E-state index in [-0.39, 0.29) is 6.04 Å². The van der Waals surface area contributed by atoms with Crippen LogP contribution in [0.5, 0.6) is 0 Å². The molecule has 0 saturated heterocycles.